The Labute approximate surface area is 162 Å². The summed E-state index contributed by atoms with van der Waals surface area (Å²) >= 11 is 1.84. The van der Waals surface area contributed by atoms with Gasteiger partial charge in [-0.15, -0.1) is 11.3 Å². The van der Waals surface area contributed by atoms with Crippen LogP contribution >= 0.6 is 11.3 Å². The largest absolute Gasteiger partial charge is 0.365 e. The summed E-state index contributed by atoms with van der Waals surface area (Å²) in [6.07, 6.45) is 8.41. The maximum absolute atomic E-state index is 4.92. The molecular weight excluding hydrogens is 352 g/mol. The first-order valence-corrected chi connectivity index (χ1v) is 10.2. The first-order valence-electron chi connectivity index (χ1n) is 9.39. The molecule has 0 aliphatic heterocycles. The van der Waals surface area contributed by atoms with Crippen LogP contribution in [0.25, 0.3) is 21.6 Å². The van der Waals surface area contributed by atoms with Crippen LogP contribution in [0.3, 0.4) is 0 Å². The zero-order valence-electron chi connectivity index (χ0n) is 15.0. The van der Waals surface area contributed by atoms with E-state index in [1.54, 1.807) is 12.4 Å². The maximum atomic E-state index is 4.92. The molecule has 1 aromatic carbocycles. The van der Waals surface area contributed by atoms with Gasteiger partial charge in [0.25, 0.3) is 0 Å². The molecule has 0 unspecified atom stereocenters. The summed E-state index contributed by atoms with van der Waals surface area (Å²) in [5.41, 5.74) is 3.71. The van der Waals surface area contributed by atoms with Gasteiger partial charge in [0.05, 0.1) is 5.39 Å². The van der Waals surface area contributed by atoms with E-state index < -0.39 is 0 Å². The molecule has 0 saturated carbocycles. The van der Waals surface area contributed by atoms with Crippen LogP contribution in [0, 0.1) is 0 Å². The molecule has 0 fully saturated rings. The SMILES string of the molecule is c1ccc(CNc2nc(-c3ccncc3)nc3sc4c(c23)CCCC4)cc1. The molecule has 1 N–H and O–H groups in total. The number of hydrogen-bond acceptors (Lipinski definition) is 5. The topological polar surface area (TPSA) is 50.7 Å². The minimum atomic E-state index is 0.757. The lowest BCUT2D eigenvalue weighted by atomic mass is 9.97. The number of aromatic nitrogens is 3. The number of thiophene rings is 1. The summed E-state index contributed by atoms with van der Waals surface area (Å²) in [6.45, 7) is 0.757. The molecule has 0 bridgehead atoms. The fourth-order valence-corrected chi connectivity index (χ4v) is 4.96. The van der Waals surface area contributed by atoms with Gasteiger partial charge < -0.3 is 5.32 Å². The fraction of sp³-hybridized carbons (Fsp3) is 0.227. The van der Waals surface area contributed by atoms with Crippen molar-refractivity contribution in [3.63, 3.8) is 0 Å². The summed E-state index contributed by atoms with van der Waals surface area (Å²) in [5.74, 6) is 1.72. The van der Waals surface area contributed by atoms with Crippen LogP contribution in [-0.2, 0) is 19.4 Å². The first-order chi connectivity index (χ1) is 13.4. The Kier molecular flexibility index (Phi) is 4.30. The molecule has 5 rings (SSSR count). The van der Waals surface area contributed by atoms with Crippen LogP contribution in [0.15, 0.2) is 54.9 Å². The lowest BCUT2D eigenvalue weighted by Gasteiger charge is -2.13. The standard InChI is InChI=1S/C22H20N4S/c1-2-6-15(7-3-1)14-24-21-19-17-8-4-5-9-18(17)27-22(19)26-20(25-21)16-10-12-23-13-11-16/h1-3,6-7,10-13H,4-5,8-9,14H2,(H,24,25,26). The molecule has 0 radical (unpaired) electrons. The molecule has 3 heterocycles. The summed E-state index contributed by atoms with van der Waals surface area (Å²) < 4.78 is 0. The van der Waals surface area contributed by atoms with Crippen LogP contribution in [0.1, 0.15) is 28.8 Å². The lowest BCUT2D eigenvalue weighted by molar-refractivity contribution is 0.700. The zero-order valence-corrected chi connectivity index (χ0v) is 15.8. The van der Waals surface area contributed by atoms with Gasteiger partial charge in [0.2, 0.25) is 0 Å². The molecule has 1 aliphatic carbocycles. The van der Waals surface area contributed by atoms with Crippen LogP contribution < -0.4 is 5.32 Å². The third-order valence-electron chi connectivity index (χ3n) is 5.06. The number of hydrogen-bond donors (Lipinski definition) is 1. The van der Waals surface area contributed by atoms with E-state index in [0.29, 0.717) is 0 Å². The Hall–Kier alpha value is -2.79. The van der Waals surface area contributed by atoms with Gasteiger partial charge in [-0.05, 0) is 48.9 Å². The predicted molar refractivity (Wildman–Crippen MR) is 111 cm³/mol. The molecule has 4 nitrogen and oxygen atoms in total. The summed E-state index contributed by atoms with van der Waals surface area (Å²) in [6, 6.07) is 14.4. The van der Waals surface area contributed by atoms with Gasteiger partial charge >= 0.3 is 0 Å². The van der Waals surface area contributed by atoms with Gasteiger partial charge in [-0.25, -0.2) is 9.97 Å². The van der Waals surface area contributed by atoms with Gasteiger partial charge in [-0.2, -0.15) is 0 Å². The third-order valence-corrected chi connectivity index (χ3v) is 6.24. The Morgan fingerprint density at radius 1 is 0.926 bits per heavy atom. The van der Waals surface area contributed by atoms with Crippen LogP contribution in [0.5, 0.6) is 0 Å². The van der Waals surface area contributed by atoms with Crippen LogP contribution in [0.2, 0.25) is 0 Å². The molecule has 134 valence electrons. The third kappa shape index (κ3) is 3.19. The van der Waals surface area contributed by atoms with Gasteiger partial charge in [-0.3, -0.25) is 4.98 Å². The Morgan fingerprint density at radius 3 is 2.59 bits per heavy atom. The van der Waals surface area contributed by atoms with Crippen molar-refractivity contribution >= 4 is 27.4 Å². The van der Waals surface area contributed by atoms with E-state index >= 15 is 0 Å². The molecular formula is C22H20N4S. The number of rotatable bonds is 4. The predicted octanol–water partition coefficient (Wildman–Crippen LogP) is 5.24. The van der Waals surface area contributed by atoms with Crippen LogP contribution in [0.4, 0.5) is 5.82 Å². The quantitative estimate of drug-likeness (QED) is 0.532. The maximum Gasteiger partial charge on any atom is 0.163 e. The van der Waals surface area contributed by atoms with Crippen LogP contribution in [-0.4, -0.2) is 15.0 Å². The average Bonchev–Trinajstić information content (AvgIpc) is 3.12. The van der Waals surface area contributed by atoms with E-state index in [9.17, 15) is 0 Å². The van der Waals surface area contributed by atoms with Crippen molar-refractivity contribution in [1.82, 2.24) is 15.0 Å². The molecule has 3 aromatic heterocycles. The van der Waals surface area contributed by atoms with Crippen molar-refractivity contribution < 1.29 is 0 Å². The highest BCUT2D eigenvalue weighted by molar-refractivity contribution is 7.19. The van der Waals surface area contributed by atoms with Crippen molar-refractivity contribution in [2.45, 2.75) is 32.2 Å². The number of nitrogens with zero attached hydrogens (tertiary/aromatic N) is 3. The molecule has 0 atom stereocenters. The minimum absolute atomic E-state index is 0.757. The van der Waals surface area contributed by atoms with Crippen molar-refractivity contribution in [2.24, 2.45) is 0 Å². The van der Waals surface area contributed by atoms with Crippen molar-refractivity contribution in [1.29, 1.82) is 0 Å². The Morgan fingerprint density at radius 2 is 1.74 bits per heavy atom. The number of nitrogens with one attached hydrogen (secondary N) is 1. The van der Waals surface area contributed by atoms with E-state index in [2.05, 4.69) is 34.6 Å². The van der Waals surface area contributed by atoms with Gasteiger partial charge in [0.1, 0.15) is 10.6 Å². The minimum Gasteiger partial charge on any atom is -0.365 e. The second-order valence-corrected chi connectivity index (χ2v) is 7.95. The Bertz CT molecular complexity index is 1070. The van der Waals surface area contributed by atoms with Crippen molar-refractivity contribution in [3.05, 3.63) is 70.9 Å². The van der Waals surface area contributed by atoms with E-state index in [1.165, 1.54) is 40.7 Å². The molecule has 5 heteroatoms. The van der Waals surface area contributed by atoms with Crippen molar-refractivity contribution in [3.8, 4) is 11.4 Å². The molecule has 0 spiro atoms. The van der Waals surface area contributed by atoms with E-state index in [0.717, 1.165) is 35.0 Å². The summed E-state index contributed by atoms with van der Waals surface area (Å²) in [7, 11) is 0. The average molecular weight is 372 g/mol. The van der Waals surface area contributed by atoms with E-state index in [-0.39, 0.29) is 0 Å². The monoisotopic (exact) mass is 372 g/mol. The highest BCUT2D eigenvalue weighted by Gasteiger charge is 2.21. The zero-order chi connectivity index (χ0) is 18.1. The molecule has 1 aliphatic rings. The van der Waals surface area contributed by atoms with Gasteiger partial charge in [-0.1, -0.05) is 30.3 Å². The Balaban J connectivity index is 1.62. The van der Waals surface area contributed by atoms with Gasteiger partial charge in [0.15, 0.2) is 5.82 Å². The number of fused-ring (bicyclic) bond motifs is 3. The number of aryl methyl sites for hydroxylation is 2. The fourth-order valence-electron chi connectivity index (χ4n) is 3.70. The van der Waals surface area contributed by atoms with E-state index in [4.69, 9.17) is 9.97 Å². The normalized spacial score (nSPS) is 13.5. The smallest absolute Gasteiger partial charge is 0.163 e. The molecule has 4 aromatic rings. The number of benzene rings is 1. The second kappa shape index (κ2) is 7.08. The highest BCUT2D eigenvalue weighted by Crippen LogP contribution is 2.39. The first kappa shape index (κ1) is 16.4. The van der Waals surface area contributed by atoms with Gasteiger partial charge in [0, 0.05) is 29.4 Å². The second-order valence-electron chi connectivity index (χ2n) is 6.86. The number of anilines is 1. The summed E-state index contributed by atoms with van der Waals surface area (Å²) in [5, 5.41) is 4.82. The lowest BCUT2D eigenvalue weighted by Crippen LogP contribution is -2.05. The molecule has 0 saturated heterocycles. The summed E-state index contributed by atoms with van der Waals surface area (Å²) in [4.78, 5) is 16.5. The molecule has 27 heavy (non-hydrogen) atoms. The number of pyridine rings is 1. The van der Waals surface area contributed by atoms with E-state index in [1.807, 2.05) is 29.5 Å². The van der Waals surface area contributed by atoms with Crippen molar-refractivity contribution in [2.75, 3.05) is 5.32 Å². The molecule has 0 amide bonds. The highest BCUT2D eigenvalue weighted by atomic mass is 32.1.